The highest BCUT2D eigenvalue weighted by Crippen LogP contribution is 2.26. The molecule has 0 aliphatic rings. The molecule has 0 spiro atoms. The number of carbonyl (C=O) groups excluding carboxylic acids is 2. The molecule has 2 aromatic carbocycles. The van der Waals surface area contributed by atoms with Crippen molar-refractivity contribution in [1.82, 2.24) is 15.3 Å². The molecule has 13 nitrogen and oxygen atoms in total. The summed E-state index contributed by atoms with van der Waals surface area (Å²) in [5.41, 5.74) is -0.942. The Kier molecular flexibility index (Phi) is 6.88. The van der Waals surface area contributed by atoms with Crippen LogP contribution in [0.25, 0.3) is 0 Å². The van der Waals surface area contributed by atoms with Crippen LogP contribution < -0.4 is 15.4 Å². The zero-order valence-corrected chi connectivity index (χ0v) is 18.2. The maximum absolute atomic E-state index is 12.3. The number of hydrogen-bond donors (Lipinski definition) is 2. The van der Waals surface area contributed by atoms with Crippen LogP contribution in [0.15, 0.2) is 53.3 Å². The summed E-state index contributed by atoms with van der Waals surface area (Å²) >= 11 is 3.22. The van der Waals surface area contributed by atoms with Gasteiger partial charge in [0.2, 0.25) is 0 Å². The standard InChI is InChI=1S/C19H13BrN6O7/c1-10-6-12(2-5-16(10)33-19-21-8-11(20)9-22-19)23-18(28)24-17(27)14-4-3-13(25(29)30)7-15(14)26(31)32/h2-9H,1H3,(H2,23,24,27,28). The predicted octanol–water partition coefficient (Wildman–Crippen LogP) is 4.12. The number of nitro benzene ring substituents is 2. The lowest BCUT2D eigenvalue weighted by molar-refractivity contribution is -0.394. The largest absolute Gasteiger partial charge is 0.424 e. The van der Waals surface area contributed by atoms with E-state index in [2.05, 4.69) is 31.2 Å². The zero-order chi connectivity index (χ0) is 24.1. The first kappa shape index (κ1) is 23.2. The molecule has 0 saturated carbocycles. The Morgan fingerprint density at radius 1 is 1.03 bits per heavy atom. The molecule has 1 heterocycles. The van der Waals surface area contributed by atoms with Gasteiger partial charge in [-0.1, -0.05) is 0 Å². The fourth-order valence-electron chi connectivity index (χ4n) is 2.60. The molecule has 3 amide bonds. The maximum atomic E-state index is 12.3. The zero-order valence-electron chi connectivity index (χ0n) is 16.6. The van der Waals surface area contributed by atoms with Crippen molar-refractivity contribution in [2.24, 2.45) is 0 Å². The second kappa shape index (κ2) is 9.78. The van der Waals surface area contributed by atoms with Gasteiger partial charge < -0.3 is 10.1 Å². The van der Waals surface area contributed by atoms with Gasteiger partial charge in [0.1, 0.15) is 11.3 Å². The average Bonchev–Trinajstić information content (AvgIpc) is 2.76. The molecular formula is C19H13BrN6O7. The number of benzene rings is 2. The number of hydrogen-bond acceptors (Lipinski definition) is 9. The van der Waals surface area contributed by atoms with Gasteiger partial charge in [0.05, 0.1) is 20.4 Å². The smallest absolute Gasteiger partial charge is 0.326 e. The lowest BCUT2D eigenvalue weighted by Crippen LogP contribution is -2.34. The summed E-state index contributed by atoms with van der Waals surface area (Å²) in [5.74, 6) is -0.668. The van der Waals surface area contributed by atoms with Crippen molar-refractivity contribution < 1.29 is 24.2 Å². The number of nitro groups is 2. The second-order valence-electron chi connectivity index (χ2n) is 6.39. The summed E-state index contributed by atoms with van der Waals surface area (Å²) in [5, 5.41) is 26.3. The van der Waals surface area contributed by atoms with Crippen molar-refractivity contribution in [3.05, 3.63) is 84.6 Å². The molecule has 33 heavy (non-hydrogen) atoms. The minimum absolute atomic E-state index is 0.120. The minimum atomic E-state index is -1.10. The molecule has 0 aliphatic carbocycles. The van der Waals surface area contributed by atoms with E-state index in [-0.39, 0.29) is 6.01 Å². The Morgan fingerprint density at radius 3 is 2.33 bits per heavy atom. The first-order valence-electron chi connectivity index (χ1n) is 8.95. The van der Waals surface area contributed by atoms with Gasteiger partial charge in [0, 0.05) is 24.1 Å². The van der Waals surface area contributed by atoms with Crippen LogP contribution in [0.3, 0.4) is 0 Å². The van der Waals surface area contributed by atoms with E-state index < -0.39 is 38.7 Å². The Labute approximate surface area is 193 Å². The van der Waals surface area contributed by atoms with Crippen LogP contribution in [0.2, 0.25) is 0 Å². The predicted molar refractivity (Wildman–Crippen MR) is 117 cm³/mol. The second-order valence-corrected chi connectivity index (χ2v) is 7.31. The number of nitrogens with zero attached hydrogens (tertiary/aromatic N) is 4. The third kappa shape index (κ3) is 5.82. The van der Waals surface area contributed by atoms with Crippen LogP contribution in [-0.2, 0) is 0 Å². The van der Waals surface area contributed by atoms with E-state index >= 15 is 0 Å². The van der Waals surface area contributed by atoms with Crippen LogP contribution in [0, 0.1) is 27.2 Å². The molecular weight excluding hydrogens is 504 g/mol. The molecule has 2 N–H and O–H groups in total. The van der Waals surface area contributed by atoms with Crippen molar-refractivity contribution in [1.29, 1.82) is 0 Å². The third-order valence-corrected chi connectivity index (χ3v) is 4.50. The summed E-state index contributed by atoms with van der Waals surface area (Å²) in [6, 6.07) is 6.25. The normalized spacial score (nSPS) is 10.2. The van der Waals surface area contributed by atoms with Gasteiger partial charge in [-0.2, -0.15) is 0 Å². The summed E-state index contributed by atoms with van der Waals surface area (Å²) < 4.78 is 6.26. The Hall–Kier alpha value is -4.46. The highest BCUT2D eigenvalue weighted by molar-refractivity contribution is 9.10. The number of nitrogens with one attached hydrogen (secondary N) is 2. The summed E-state index contributed by atoms with van der Waals surface area (Å²) in [6.07, 6.45) is 3.04. The molecule has 0 atom stereocenters. The number of aryl methyl sites for hydroxylation is 1. The summed E-state index contributed by atoms with van der Waals surface area (Å²) in [6.45, 7) is 1.71. The van der Waals surface area contributed by atoms with Crippen LogP contribution in [0.4, 0.5) is 21.9 Å². The van der Waals surface area contributed by atoms with Crippen molar-refractivity contribution >= 4 is 44.9 Å². The summed E-state index contributed by atoms with van der Waals surface area (Å²) in [7, 11) is 0. The average molecular weight is 517 g/mol. The van der Waals surface area contributed by atoms with E-state index in [0.29, 0.717) is 27.5 Å². The fourth-order valence-corrected chi connectivity index (χ4v) is 2.81. The molecule has 14 heteroatoms. The van der Waals surface area contributed by atoms with E-state index in [1.807, 2.05) is 5.32 Å². The number of halogens is 1. The van der Waals surface area contributed by atoms with Crippen molar-refractivity contribution in [2.45, 2.75) is 6.92 Å². The molecule has 168 valence electrons. The number of urea groups is 1. The quantitative estimate of drug-likeness (QED) is 0.359. The third-order valence-electron chi connectivity index (χ3n) is 4.09. The Balaban J connectivity index is 1.69. The van der Waals surface area contributed by atoms with E-state index in [0.717, 1.165) is 12.1 Å². The van der Waals surface area contributed by atoms with Crippen molar-refractivity contribution in [2.75, 3.05) is 5.32 Å². The number of rotatable bonds is 6. The Bertz CT molecular complexity index is 1270. The lowest BCUT2D eigenvalue weighted by atomic mass is 10.1. The van der Waals surface area contributed by atoms with Gasteiger partial charge in [-0.3, -0.25) is 30.3 Å². The Morgan fingerprint density at radius 2 is 1.73 bits per heavy atom. The van der Waals surface area contributed by atoms with Crippen LogP contribution in [0.5, 0.6) is 11.8 Å². The molecule has 0 saturated heterocycles. The van der Waals surface area contributed by atoms with E-state index in [1.165, 1.54) is 18.5 Å². The number of aromatic nitrogens is 2. The first-order valence-corrected chi connectivity index (χ1v) is 9.74. The van der Waals surface area contributed by atoms with Crippen LogP contribution >= 0.6 is 15.9 Å². The van der Waals surface area contributed by atoms with Crippen LogP contribution in [0.1, 0.15) is 15.9 Å². The molecule has 0 bridgehead atoms. The first-order chi connectivity index (χ1) is 15.6. The monoisotopic (exact) mass is 516 g/mol. The number of carbonyl (C=O) groups is 2. The topological polar surface area (TPSA) is 179 Å². The maximum Gasteiger partial charge on any atom is 0.326 e. The fraction of sp³-hybridized carbons (Fsp3) is 0.0526. The van der Waals surface area contributed by atoms with Gasteiger partial charge in [0.25, 0.3) is 17.3 Å². The van der Waals surface area contributed by atoms with E-state index in [4.69, 9.17) is 4.74 Å². The van der Waals surface area contributed by atoms with Gasteiger partial charge in [-0.05, 0) is 52.7 Å². The molecule has 1 aromatic heterocycles. The number of amides is 3. The molecule has 0 unspecified atom stereocenters. The molecule has 3 aromatic rings. The SMILES string of the molecule is Cc1cc(NC(=O)NC(=O)c2ccc([N+](=O)[O-])cc2[N+](=O)[O-])ccc1Oc1ncc(Br)cn1. The van der Waals surface area contributed by atoms with Gasteiger partial charge in [-0.15, -0.1) is 0 Å². The van der Waals surface area contributed by atoms with E-state index in [9.17, 15) is 29.8 Å². The van der Waals surface area contributed by atoms with Crippen molar-refractivity contribution in [3.8, 4) is 11.8 Å². The van der Waals surface area contributed by atoms with Crippen molar-refractivity contribution in [3.63, 3.8) is 0 Å². The lowest BCUT2D eigenvalue weighted by Gasteiger charge is -2.11. The molecule has 0 aliphatic heterocycles. The van der Waals surface area contributed by atoms with Gasteiger partial charge >= 0.3 is 12.0 Å². The van der Waals surface area contributed by atoms with Gasteiger partial charge in [-0.25, -0.2) is 14.8 Å². The highest BCUT2D eigenvalue weighted by Gasteiger charge is 2.25. The number of anilines is 1. The van der Waals surface area contributed by atoms with E-state index in [1.54, 1.807) is 19.1 Å². The van der Waals surface area contributed by atoms with Crippen LogP contribution in [-0.4, -0.2) is 31.8 Å². The van der Waals surface area contributed by atoms with Gasteiger partial charge in [0.15, 0.2) is 0 Å². The molecule has 0 radical (unpaired) electrons. The number of non-ortho nitro benzene ring substituents is 1. The highest BCUT2D eigenvalue weighted by atomic mass is 79.9. The number of imide groups is 1. The molecule has 3 rings (SSSR count). The molecule has 0 fully saturated rings. The summed E-state index contributed by atoms with van der Waals surface area (Å²) in [4.78, 5) is 52.7. The minimum Gasteiger partial charge on any atom is -0.424 e. The number of ether oxygens (including phenoxy) is 1.